The fourth-order valence-electron chi connectivity index (χ4n) is 3.30. The monoisotopic (exact) mass is 369 g/mol. The van der Waals surface area contributed by atoms with Crippen molar-refractivity contribution in [2.45, 2.75) is 24.8 Å². The molecule has 0 spiro atoms. The zero-order valence-corrected chi connectivity index (χ0v) is 15.5. The number of ether oxygens (including phenoxy) is 1. The topological polar surface area (TPSA) is 72.4 Å². The van der Waals surface area contributed by atoms with Crippen molar-refractivity contribution < 1.29 is 13.2 Å². The molecule has 0 atom stereocenters. The first-order chi connectivity index (χ1) is 12.5. The molecule has 0 radical (unpaired) electrons. The lowest BCUT2D eigenvalue weighted by molar-refractivity contribution is 0.388. The second-order valence-electron chi connectivity index (χ2n) is 6.36. The van der Waals surface area contributed by atoms with Crippen LogP contribution in [0.3, 0.4) is 0 Å². The van der Waals surface area contributed by atoms with Gasteiger partial charge in [-0.3, -0.25) is 0 Å². The summed E-state index contributed by atoms with van der Waals surface area (Å²) in [7, 11) is -2.00. The van der Waals surface area contributed by atoms with Gasteiger partial charge in [0.15, 0.2) is 5.65 Å². The van der Waals surface area contributed by atoms with Crippen LogP contribution in [0.1, 0.15) is 16.8 Å². The number of rotatable bonds is 3. The van der Waals surface area contributed by atoms with Crippen LogP contribution in [0.25, 0.3) is 11.0 Å². The van der Waals surface area contributed by atoms with Crippen LogP contribution in [0.2, 0.25) is 0 Å². The summed E-state index contributed by atoms with van der Waals surface area (Å²) >= 11 is 0. The molecule has 0 N–H and O–H groups in total. The minimum absolute atomic E-state index is 0.287. The largest absolute Gasteiger partial charge is 0.496 e. The highest BCUT2D eigenvalue weighted by molar-refractivity contribution is 7.89. The number of fused-ring (bicyclic) bond motifs is 2. The summed E-state index contributed by atoms with van der Waals surface area (Å²) in [4.78, 5) is 9.16. The maximum Gasteiger partial charge on any atom is 0.243 e. The fraction of sp³-hybridized carbons (Fsp3) is 0.263. The molecule has 1 aliphatic heterocycles. The van der Waals surface area contributed by atoms with Gasteiger partial charge in [-0.2, -0.15) is 4.31 Å². The maximum absolute atomic E-state index is 13.1. The summed E-state index contributed by atoms with van der Waals surface area (Å²) < 4.78 is 32.9. The van der Waals surface area contributed by atoms with E-state index in [0.29, 0.717) is 30.9 Å². The SMILES string of the molecule is COc1ccc(S(=O)(=O)N2CCc3nc4ncccc4cc3C2)cc1C. The molecule has 0 fully saturated rings. The predicted molar refractivity (Wildman–Crippen MR) is 98.6 cm³/mol. The average Bonchev–Trinajstić information content (AvgIpc) is 2.65. The molecular weight excluding hydrogens is 350 g/mol. The third kappa shape index (κ3) is 2.83. The predicted octanol–water partition coefficient (Wildman–Crippen LogP) is 2.69. The van der Waals surface area contributed by atoms with Gasteiger partial charge in [-0.25, -0.2) is 18.4 Å². The molecule has 0 saturated heterocycles. The fourth-order valence-corrected chi connectivity index (χ4v) is 4.81. The van der Waals surface area contributed by atoms with E-state index in [1.807, 2.05) is 25.1 Å². The molecule has 0 unspecified atom stereocenters. The smallest absolute Gasteiger partial charge is 0.243 e. The van der Waals surface area contributed by atoms with E-state index in [1.54, 1.807) is 31.5 Å². The van der Waals surface area contributed by atoms with Crippen molar-refractivity contribution in [1.29, 1.82) is 0 Å². The van der Waals surface area contributed by atoms with E-state index in [2.05, 4.69) is 9.97 Å². The summed E-state index contributed by atoms with van der Waals surface area (Å²) in [5.74, 6) is 0.677. The van der Waals surface area contributed by atoms with Crippen molar-refractivity contribution in [1.82, 2.24) is 14.3 Å². The molecule has 0 aliphatic carbocycles. The number of methoxy groups -OCH3 is 1. The van der Waals surface area contributed by atoms with Crippen LogP contribution in [-0.4, -0.2) is 36.3 Å². The molecule has 0 amide bonds. The van der Waals surface area contributed by atoms with Crippen molar-refractivity contribution in [2.24, 2.45) is 0 Å². The van der Waals surface area contributed by atoms with Crippen LogP contribution in [0.5, 0.6) is 5.75 Å². The molecule has 0 saturated carbocycles. The third-order valence-electron chi connectivity index (χ3n) is 4.71. The van der Waals surface area contributed by atoms with E-state index in [0.717, 1.165) is 22.2 Å². The van der Waals surface area contributed by atoms with Gasteiger partial charge < -0.3 is 4.74 Å². The normalized spacial score (nSPS) is 15.0. The maximum atomic E-state index is 13.1. The average molecular weight is 369 g/mol. The van der Waals surface area contributed by atoms with E-state index in [-0.39, 0.29) is 4.90 Å². The molecule has 1 aromatic carbocycles. The van der Waals surface area contributed by atoms with Gasteiger partial charge in [-0.05, 0) is 54.4 Å². The summed E-state index contributed by atoms with van der Waals surface area (Å²) in [6, 6.07) is 10.7. The number of sulfonamides is 1. The number of benzene rings is 1. The molecule has 3 heterocycles. The number of nitrogens with zero attached hydrogens (tertiary/aromatic N) is 3. The van der Waals surface area contributed by atoms with E-state index in [9.17, 15) is 8.42 Å². The van der Waals surface area contributed by atoms with Crippen molar-refractivity contribution in [2.75, 3.05) is 13.7 Å². The van der Waals surface area contributed by atoms with Gasteiger partial charge in [0.1, 0.15) is 5.75 Å². The van der Waals surface area contributed by atoms with Gasteiger partial charge in [-0.15, -0.1) is 0 Å². The lowest BCUT2D eigenvalue weighted by atomic mass is 10.1. The van der Waals surface area contributed by atoms with Crippen LogP contribution in [0.4, 0.5) is 0 Å². The number of pyridine rings is 2. The van der Waals surface area contributed by atoms with E-state index >= 15 is 0 Å². The van der Waals surface area contributed by atoms with Gasteiger partial charge in [-0.1, -0.05) is 0 Å². The van der Waals surface area contributed by atoms with Gasteiger partial charge in [0.05, 0.1) is 12.0 Å². The first-order valence-electron chi connectivity index (χ1n) is 8.37. The third-order valence-corrected chi connectivity index (χ3v) is 6.55. The molecule has 3 aromatic rings. The Morgan fingerprint density at radius 3 is 2.81 bits per heavy atom. The molecular formula is C19H19N3O3S. The van der Waals surface area contributed by atoms with Gasteiger partial charge >= 0.3 is 0 Å². The van der Waals surface area contributed by atoms with E-state index in [4.69, 9.17) is 4.74 Å². The van der Waals surface area contributed by atoms with Crippen molar-refractivity contribution in [3.05, 3.63) is 59.4 Å². The van der Waals surface area contributed by atoms with E-state index < -0.39 is 10.0 Å². The van der Waals surface area contributed by atoms with Crippen molar-refractivity contribution in [3.63, 3.8) is 0 Å². The summed E-state index contributed by atoms with van der Waals surface area (Å²) in [5, 5.41) is 0.922. The number of aryl methyl sites for hydroxylation is 1. The Morgan fingerprint density at radius 2 is 2.04 bits per heavy atom. The van der Waals surface area contributed by atoms with Crippen LogP contribution >= 0.6 is 0 Å². The minimum atomic E-state index is -3.57. The Balaban J connectivity index is 1.69. The zero-order chi connectivity index (χ0) is 18.3. The van der Waals surface area contributed by atoms with Crippen molar-refractivity contribution >= 4 is 21.1 Å². The second kappa shape index (κ2) is 6.34. The minimum Gasteiger partial charge on any atom is -0.496 e. The highest BCUT2D eigenvalue weighted by Gasteiger charge is 2.29. The number of aromatic nitrogens is 2. The van der Waals surface area contributed by atoms with E-state index in [1.165, 1.54) is 4.31 Å². The highest BCUT2D eigenvalue weighted by atomic mass is 32.2. The molecule has 134 valence electrons. The Morgan fingerprint density at radius 1 is 1.19 bits per heavy atom. The number of hydrogen-bond donors (Lipinski definition) is 0. The summed E-state index contributed by atoms with van der Waals surface area (Å²) in [6.45, 7) is 2.57. The molecule has 1 aliphatic rings. The Kier molecular flexibility index (Phi) is 4.13. The highest BCUT2D eigenvalue weighted by Crippen LogP contribution is 2.28. The summed E-state index contributed by atoms with van der Waals surface area (Å²) in [5.41, 5.74) is 3.36. The molecule has 7 heteroatoms. The summed E-state index contributed by atoms with van der Waals surface area (Å²) in [6.07, 6.45) is 2.30. The molecule has 0 bridgehead atoms. The zero-order valence-electron chi connectivity index (χ0n) is 14.6. The standard InChI is InChI=1S/C19H19N3O3S/c1-13-10-16(5-6-18(13)25-2)26(23,24)22-9-7-17-15(12-22)11-14-4-3-8-20-19(14)21-17/h3-6,8,10-11H,7,9,12H2,1-2H3. The van der Waals surface area contributed by atoms with Crippen LogP contribution in [0, 0.1) is 6.92 Å². The lowest BCUT2D eigenvalue weighted by Gasteiger charge is -2.28. The first-order valence-corrected chi connectivity index (χ1v) is 9.81. The lowest BCUT2D eigenvalue weighted by Crippen LogP contribution is -2.36. The van der Waals surface area contributed by atoms with Crippen LogP contribution < -0.4 is 4.74 Å². The number of hydrogen-bond acceptors (Lipinski definition) is 5. The first kappa shape index (κ1) is 16.9. The Hall–Kier alpha value is -2.51. The molecule has 2 aromatic heterocycles. The Bertz CT molecular complexity index is 1100. The molecule has 4 rings (SSSR count). The van der Waals surface area contributed by atoms with Crippen molar-refractivity contribution in [3.8, 4) is 5.75 Å². The Labute approximate surface area is 152 Å². The van der Waals surface area contributed by atoms with Gasteiger partial charge in [0, 0.05) is 36.8 Å². The quantitative estimate of drug-likeness (QED) is 0.710. The van der Waals surface area contributed by atoms with Crippen LogP contribution in [0.15, 0.2) is 47.5 Å². The second-order valence-corrected chi connectivity index (χ2v) is 8.30. The van der Waals surface area contributed by atoms with Crippen LogP contribution in [-0.2, 0) is 23.0 Å². The van der Waals surface area contributed by atoms with Gasteiger partial charge in [0.2, 0.25) is 10.0 Å². The molecule has 6 nitrogen and oxygen atoms in total. The molecule has 26 heavy (non-hydrogen) atoms. The van der Waals surface area contributed by atoms with Gasteiger partial charge in [0.25, 0.3) is 0 Å².